The zero-order valence-electron chi connectivity index (χ0n) is 12.2. The molecule has 0 radical (unpaired) electrons. The van der Waals surface area contributed by atoms with E-state index in [0.29, 0.717) is 12.0 Å². The van der Waals surface area contributed by atoms with Crippen LogP contribution in [0, 0.1) is 0 Å². The molecule has 0 bridgehead atoms. The van der Waals surface area contributed by atoms with E-state index >= 15 is 0 Å². The van der Waals surface area contributed by atoms with Crippen molar-refractivity contribution < 1.29 is 0 Å². The minimum absolute atomic E-state index is 0.413. The quantitative estimate of drug-likeness (QED) is 0.863. The molecule has 5 heteroatoms. The highest BCUT2D eigenvalue weighted by molar-refractivity contribution is 7.16. The van der Waals surface area contributed by atoms with Crippen molar-refractivity contribution in [2.24, 2.45) is 0 Å². The number of nitrogens with one attached hydrogen (secondary N) is 1. The fraction of sp³-hybridized carbons (Fsp3) is 0.571. The van der Waals surface area contributed by atoms with E-state index < -0.39 is 0 Å². The van der Waals surface area contributed by atoms with Gasteiger partial charge >= 0.3 is 0 Å². The molecule has 0 saturated carbocycles. The molecule has 1 N–H and O–H groups in total. The molecular formula is C14H21N3S2. The van der Waals surface area contributed by atoms with Gasteiger partial charge in [0, 0.05) is 11.4 Å². The summed E-state index contributed by atoms with van der Waals surface area (Å²) in [5, 5.41) is 7.68. The van der Waals surface area contributed by atoms with E-state index in [0.717, 1.165) is 17.2 Å². The van der Waals surface area contributed by atoms with Gasteiger partial charge in [0.05, 0.1) is 21.3 Å². The van der Waals surface area contributed by atoms with Crippen molar-refractivity contribution in [3.05, 3.63) is 16.1 Å². The average Bonchev–Trinajstić information content (AvgIpc) is 2.93. The predicted octanol–water partition coefficient (Wildman–Crippen LogP) is 4.77. The van der Waals surface area contributed by atoms with E-state index in [-0.39, 0.29) is 0 Å². The number of thiazole rings is 2. The molecule has 2 aromatic rings. The van der Waals surface area contributed by atoms with Crippen molar-refractivity contribution in [1.82, 2.24) is 9.97 Å². The van der Waals surface area contributed by atoms with Gasteiger partial charge in [0.2, 0.25) is 0 Å². The van der Waals surface area contributed by atoms with E-state index in [4.69, 9.17) is 4.98 Å². The van der Waals surface area contributed by atoms with Crippen molar-refractivity contribution >= 4 is 27.8 Å². The van der Waals surface area contributed by atoms with Crippen molar-refractivity contribution in [3.8, 4) is 10.6 Å². The third-order valence-corrected chi connectivity index (χ3v) is 4.71. The summed E-state index contributed by atoms with van der Waals surface area (Å²) in [6.45, 7) is 10.8. The first-order chi connectivity index (χ1) is 9.01. The molecule has 2 heterocycles. The van der Waals surface area contributed by atoms with Crippen LogP contribution >= 0.6 is 22.7 Å². The summed E-state index contributed by atoms with van der Waals surface area (Å²) in [4.78, 5) is 10.7. The number of rotatable bonds is 5. The zero-order valence-corrected chi connectivity index (χ0v) is 13.8. The minimum atomic E-state index is 0.413. The van der Waals surface area contributed by atoms with Gasteiger partial charge in [-0.25, -0.2) is 9.97 Å². The van der Waals surface area contributed by atoms with E-state index in [1.54, 1.807) is 22.7 Å². The summed E-state index contributed by atoms with van der Waals surface area (Å²) in [6.07, 6.45) is 0.992. The van der Waals surface area contributed by atoms with Crippen LogP contribution in [-0.2, 0) is 6.42 Å². The maximum atomic E-state index is 4.74. The smallest absolute Gasteiger partial charge is 0.183 e. The minimum Gasteiger partial charge on any atom is -0.359 e. The summed E-state index contributed by atoms with van der Waals surface area (Å²) in [5.41, 5.74) is 2.25. The lowest BCUT2D eigenvalue weighted by Crippen LogP contribution is -2.08. The van der Waals surface area contributed by atoms with Crippen molar-refractivity contribution in [2.45, 2.75) is 53.0 Å². The van der Waals surface area contributed by atoms with E-state index in [1.807, 2.05) is 0 Å². The van der Waals surface area contributed by atoms with Gasteiger partial charge in [-0.15, -0.1) is 22.7 Å². The number of anilines is 1. The van der Waals surface area contributed by atoms with Crippen molar-refractivity contribution in [3.63, 3.8) is 0 Å². The van der Waals surface area contributed by atoms with Crippen LogP contribution in [-0.4, -0.2) is 16.0 Å². The topological polar surface area (TPSA) is 37.8 Å². The fourth-order valence-electron chi connectivity index (χ4n) is 1.80. The lowest BCUT2D eigenvalue weighted by atomic mass is 10.1. The van der Waals surface area contributed by atoms with Gasteiger partial charge in [-0.2, -0.15) is 0 Å². The number of hydrogen-bond acceptors (Lipinski definition) is 5. The van der Waals surface area contributed by atoms with E-state index in [1.165, 1.54) is 15.6 Å². The molecule has 0 aromatic carbocycles. The first kappa shape index (κ1) is 14.5. The van der Waals surface area contributed by atoms with Crippen LogP contribution in [0.25, 0.3) is 10.6 Å². The van der Waals surface area contributed by atoms with E-state index in [2.05, 4.69) is 50.3 Å². The summed E-state index contributed by atoms with van der Waals surface area (Å²) < 4.78 is 0. The Morgan fingerprint density at radius 2 is 1.95 bits per heavy atom. The van der Waals surface area contributed by atoms with Crippen LogP contribution in [0.2, 0.25) is 0 Å². The number of nitrogens with zero attached hydrogens (tertiary/aromatic N) is 2. The molecule has 0 saturated heterocycles. The van der Waals surface area contributed by atoms with Crippen molar-refractivity contribution in [1.29, 1.82) is 0 Å². The summed E-state index contributed by atoms with van der Waals surface area (Å²) in [5.74, 6) is 0.440. The Balaban J connectivity index is 2.35. The molecule has 0 aliphatic heterocycles. The Kier molecular flexibility index (Phi) is 4.58. The Hall–Kier alpha value is -0.940. The van der Waals surface area contributed by atoms with Gasteiger partial charge in [-0.1, -0.05) is 20.8 Å². The standard InChI is InChI=1S/C14H21N3S2/c1-6-11-17-12(8(2)3)13(19-11)10-7-18-14(16-10)15-9(4)5/h7-9H,6H2,1-5H3,(H,15,16). The Labute approximate surface area is 123 Å². The normalized spacial score (nSPS) is 11.5. The lowest BCUT2D eigenvalue weighted by Gasteiger charge is -2.05. The number of hydrogen-bond donors (Lipinski definition) is 1. The molecular weight excluding hydrogens is 274 g/mol. The third-order valence-electron chi connectivity index (χ3n) is 2.70. The van der Waals surface area contributed by atoms with Gasteiger partial charge in [-0.05, 0) is 26.2 Å². The molecule has 0 aliphatic rings. The Morgan fingerprint density at radius 3 is 2.53 bits per heavy atom. The van der Waals surface area contributed by atoms with Gasteiger partial charge in [0.15, 0.2) is 5.13 Å². The van der Waals surface area contributed by atoms with Gasteiger partial charge in [-0.3, -0.25) is 0 Å². The molecule has 2 aromatic heterocycles. The van der Waals surface area contributed by atoms with Gasteiger partial charge < -0.3 is 5.32 Å². The summed E-state index contributed by atoms with van der Waals surface area (Å²) in [7, 11) is 0. The maximum absolute atomic E-state index is 4.74. The van der Waals surface area contributed by atoms with Crippen LogP contribution in [0.15, 0.2) is 5.38 Å². The van der Waals surface area contributed by atoms with E-state index in [9.17, 15) is 0 Å². The molecule has 0 unspecified atom stereocenters. The second-order valence-corrected chi connectivity index (χ2v) is 7.11. The lowest BCUT2D eigenvalue weighted by molar-refractivity contribution is 0.825. The molecule has 0 amide bonds. The average molecular weight is 295 g/mol. The van der Waals surface area contributed by atoms with Crippen LogP contribution in [0.3, 0.4) is 0 Å². The summed E-state index contributed by atoms with van der Waals surface area (Å²) in [6, 6.07) is 0.413. The fourth-order valence-corrected chi connectivity index (χ4v) is 3.84. The number of aryl methyl sites for hydroxylation is 1. The molecule has 0 aliphatic carbocycles. The highest BCUT2D eigenvalue weighted by atomic mass is 32.1. The largest absolute Gasteiger partial charge is 0.359 e. The monoisotopic (exact) mass is 295 g/mol. The second-order valence-electron chi connectivity index (χ2n) is 5.17. The van der Waals surface area contributed by atoms with Gasteiger partial charge in [0.1, 0.15) is 0 Å². The SMILES string of the molecule is CCc1nc(C(C)C)c(-c2csc(NC(C)C)n2)s1. The Morgan fingerprint density at radius 1 is 1.21 bits per heavy atom. The molecule has 0 atom stereocenters. The molecule has 2 rings (SSSR count). The highest BCUT2D eigenvalue weighted by Crippen LogP contribution is 2.36. The zero-order chi connectivity index (χ0) is 14.0. The predicted molar refractivity (Wildman–Crippen MR) is 85.4 cm³/mol. The highest BCUT2D eigenvalue weighted by Gasteiger charge is 2.17. The molecule has 104 valence electrons. The van der Waals surface area contributed by atoms with Crippen molar-refractivity contribution in [2.75, 3.05) is 5.32 Å². The van der Waals surface area contributed by atoms with Crippen LogP contribution < -0.4 is 5.32 Å². The second kappa shape index (κ2) is 6.01. The molecule has 0 spiro atoms. The Bertz CT molecular complexity index is 541. The van der Waals surface area contributed by atoms with Gasteiger partial charge in [0.25, 0.3) is 0 Å². The maximum Gasteiger partial charge on any atom is 0.183 e. The first-order valence-electron chi connectivity index (χ1n) is 6.73. The van der Waals surface area contributed by atoms with Crippen LogP contribution in [0.5, 0.6) is 0 Å². The van der Waals surface area contributed by atoms with Crippen LogP contribution in [0.1, 0.15) is 51.2 Å². The molecule has 0 fully saturated rings. The molecule has 19 heavy (non-hydrogen) atoms. The summed E-state index contributed by atoms with van der Waals surface area (Å²) >= 11 is 3.45. The number of aromatic nitrogens is 2. The first-order valence-corrected chi connectivity index (χ1v) is 8.42. The molecule has 3 nitrogen and oxygen atoms in total. The third kappa shape index (κ3) is 3.34. The van der Waals surface area contributed by atoms with Crippen LogP contribution in [0.4, 0.5) is 5.13 Å².